The van der Waals surface area contributed by atoms with Gasteiger partial charge in [0.05, 0.1) is 0 Å². The lowest BCUT2D eigenvalue weighted by Gasteiger charge is -2.10. The Morgan fingerprint density at radius 2 is 2.33 bits per heavy atom. The Morgan fingerprint density at radius 3 is 2.93 bits per heavy atom. The molecular formula is C11H11ClFNS. The summed E-state index contributed by atoms with van der Waals surface area (Å²) < 4.78 is 13.4. The first-order valence-corrected chi connectivity index (χ1v) is 5.95. The van der Waals surface area contributed by atoms with Gasteiger partial charge in [-0.25, -0.2) is 4.39 Å². The number of benzene rings is 1. The molecule has 0 aromatic heterocycles. The van der Waals surface area contributed by atoms with Crippen LogP contribution in [0.1, 0.15) is 12.5 Å². The molecule has 0 bridgehead atoms. The lowest BCUT2D eigenvalue weighted by molar-refractivity contribution is 0.578. The zero-order chi connectivity index (χ0) is 11.3. The number of thiocyanates is 1. The molecule has 1 aromatic carbocycles. The molecule has 1 rings (SSSR count). The van der Waals surface area contributed by atoms with Crippen molar-refractivity contribution in [1.29, 1.82) is 5.26 Å². The van der Waals surface area contributed by atoms with Crippen molar-refractivity contribution < 1.29 is 4.39 Å². The van der Waals surface area contributed by atoms with Gasteiger partial charge in [-0.3, -0.25) is 0 Å². The summed E-state index contributed by atoms with van der Waals surface area (Å²) >= 11 is 7.08. The molecular weight excluding hydrogens is 233 g/mol. The van der Waals surface area contributed by atoms with E-state index >= 15 is 0 Å². The SMILES string of the molecule is CC(CSC#N)Cc1c(F)cccc1Cl. The van der Waals surface area contributed by atoms with Crippen LogP contribution in [0.5, 0.6) is 0 Å². The van der Waals surface area contributed by atoms with Crippen LogP contribution < -0.4 is 0 Å². The van der Waals surface area contributed by atoms with E-state index in [1.165, 1.54) is 17.8 Å². The lowest BCUT2D eigenvalue weighted by atomic mass is 10.0. The Bertz CT molecular complexity index is 355. The standard InChI is InChI=1S/C11H11ClFNS/c1-8(6-15-7-14)5-9-10(12)3-2-4-11(9)13/h2-4,8H,5-6H2,1H3. The fourth-order valence-electron chi connectivity index (χ4n) is 1.31. The van der Waals surface area contributed by atoms with Gasteiger partial charge in [0.2, 0.25) is 0 Å². The van der Waals surface area contributed by atoms with Crippen LogP contribution >= 0.6 is 23.4 Å². The maximum absolute atomic E-state index is 13.4. The summed E-state index contributed by atoms with van der Waals surface area (Å²) in [6, 6.07) is 4.69. The van der Waals surface area contributed by atoms with Crippen LogP contribution in [0.4, 0.5) is 4.39 Å². The van der Waals surface area contributed by atoms with E-state index in [-0.39, 0.29) is 11.7 Å². The Morgan fingerprint density at radius 1 is 1.60 bits per heavy atom. The van der Waals surface area contributed by atoms with Crippen LogP contribution in [0.3, 0.4) is 0 Å². The van der Waals surface area contributed by atoms with Crippen LogP contribution in [0, 0.1) is 22.4 Å². The first-order chi connectivity index (χ1) is 7.15. The van der Waals surface area contributed by atoms with Gasteiger partial charge >= 0.3 is 0 Å². The Balaban J connectivity index is 2.68. The number of thioether (sulfide) groups is 1. The number of nitrogens with zero attached hydrogens (tertiary/aromatic N) is 1. The third kappa shape index (κ3) is 3.73. The third-order valence-electron chi connectivity index (χ3n) is 2.05. The zero-order valence-electron chi connectivity index (χ0n) is 8.34. The summed E-state index contributed by atoms with van der Waals surface area (Å²) in [4.78, 5) is 0. The quantitative estimate of drug-likeness (QED) is 0.750. The monoisotopic (exact) mass is 243 g/mol. The van der Waals surface area contributed by atoms with Crippen molar-refractivity contribution >= 4 is 23.4 Å². The lowest BCUT2D eigenvalue weighted by Crippen LogP contribution is -2.04. The highest BCUT2D eigenvalue weighted by Gasteiger charge is 2.11. The molecule has 1 nitrogen and oxygen atoms in total. The molecule has 1 aromatic rings. The second-order valence-corrected chi connectivity index (χ2v) is 4.62. The van der Waals surface area contributed by atoms with Crippen molar-refractivity contribution in [3.8, 4) is 5.40 Å². The number of hydrogen-bond acceptors (Lipinski definition) is 2. The minimum atomic E-state index is -0.267. The average Bonchev–Trinajstić information content (AvgIpc) is 2.21. The molecule has 0 fully saturated rings. The van der Waals surface area contributed by atoms with Crippen molar-refractivity contribution in [1.82, 2.24) is 0 Å². The molecule has 0 saturated heterocycles. The van der Waals surface area contributed by atoms with Gasteiger partial charge in [0.25, 0.3) is 0 Å². The van der Waals surface area contributed by atoms with Gasteiger partial charge in [-0.1, -0.05) is 24.6 Å². The average molecular weight is 244 g/mol. The van der Waals surface area contributed by atoms with Crippen molar-refractivity contribution in [2.24, 2.45) is 5.92 Å². The van der Waals surface area contributed by atoms with Gasteiger partial charge in [0.1, 0.15) is 11.2 Å². The van der Waals surface area contributed by atoms with E-state index in [4.69, 9.17) is 16.9 Å². The van der Waals surface area contributed by atoms with Crippen LogP contribution in [-0.2, 0) is 6.42 Å². The maximum Gasteiger partial charge on any atom is 0.133 e. The summed E-state index contributed by atoms with van der Waals surface area (Å²) in [6.07, 6.45) is 0.570. The maximum atomic E-state index is 13.4. The summed E-state index contributed by atoms with van der Waals surface area (Å²) in [5.74, 6) is 0.668. The van der Waals surface area contributed by atoms with Gasteiger partial charge in [0, 0.05) is 16.3 Å². The molecule has 0 N–H and O–H groups in total. The summed E-state index contributed by atoms with van der Waals surface area (Å²) in [6.45, 7) is 1.98. The second-order valence-electron chi connectivity index (χ2n) is 3.41. The van der Waals surface area contributed by atoms with Gasteiger partial charge < -0.3 is 0 Å². The van der Waals surface area contributed by atoms with Crippen molar-refractivity contribution in [3.63, 3.8) is 0 Å². The van der Waals surface area contributed by atoms with E-state index in [2.05, 4.69) is 0 Å². The van der Waals surface area contributed by atoms with Crippen molar-refractivity contribution in [2.45, 2.75) is 13.3 Å². The Hall–Kier alpha value is -0.720. The largest absolute Gasteiger partial charge is 0.207 e. The summed E-state index contributed by atoms with van der Waals surface area (Å²) in [5.41, 5.74) is 0.546. The van der Waals surface area contributed by atoms with E-state index in [9.17, 15) is 4.39 Å². The summed E-state index contributed by atoms with van der Waals surface area (Å²) in [7, 11) is 0. The third-order valence-corrected chi connectivity index (χ3v) is 3.27. The molecule has 80 valence electrons. The molecule has 1 atom stereocenters. The van der Waals surface area contributed by atoms with Crippen LogP contribution in [0.25, 0.3) is 0 Å². The Labute approximate surface area is 98.2 Å². The molecule has 1 unspecified atom stereocenters. The highest BCUT2D eigenvalue weighted by Crippen LogP contribution is 2.23. The van der Waals surface area contributed by atoms with E-state index in [0.29, 0.717) is 22.8 Å². The van der Waals surface area contributed by atoms with Gasteiger partial charge in [0.15, 0.2) is 0 Å². The minimum Gasteiger partial charge on any atom is -0.207 e. The molecule has 4 heteroatoms. The molecule has 0 heterocycles. The normalized spacial score (nSPS) is 12.1. The zero-order valence-corrected chi connectivity index (χ0v) is 9.91. The Kier molecular flexibility index (Phi) is 4.93. The number of rotatable bonds is 4. The fourth-order valence-corrected chi connectivity index (χ4v) is 2.03. The van der Waals surface area contributed by atoms with Crippen LogP contribution in [0.2, 0.25) is 5.02 Å². The number of hydrogen-bond donors (Lipinski definition) is 0. The smallest absolute Gasteiger partial charge is 0.133 e. The molecule has 0 spiro atoms. The van der Waals surface area contributed by atoms with Gasteiger partial charge in [-0.15, -0.1) is 0 Å². The molecule has 0 radical (unpaired) electrons. The number of halogens is 2. The highest BCUT2D eigenvalue weighted by molar-refractivity contribution is 8.03. The van der Waals surface area contributed by atoms with Crippen LogP contribution in [-0.4, -0.2) is 5.75 Å². The van der Waals surface area contributed by atoms with E-state index in [1.807, 2.05) is 12.3 Å². The second kappa shape index (κ2) is 5.99. The molecule has 0 aliphatic heterocycles. The summed E-state index contributed by atoms with van der Waals surface area (Å²) in [5, 5.41) is 10.9. The number of nitriles is 1. The molecule has 15 heavy (non-hydrogen) atoms. The predicted molar refractivity (Wildman–Crippen MR) is 62.3 cm³/mol. The first-order valence-electron chi connectivity index (χ1n) is 4.59. The molecule has 0 aliphatic rings. The molecule has 0 aliphatic carbocycles. The minimum absolute atomic E-state index is 0.240. The fraction of sp³-hybridized carbons (Fsp3) is 0.364. The van der Waals surface area contributed by atoms with E-state index in [0.717, 1.165) is 0 Å². The van der Waals surface area contributed by atoms with Crippen LogP contribution in [0.15, 0.2) is 18.2 Å². The topological polar surface area (TPSA) is 23.8 Å². The van der Waals surface area contributed by atoms with E-state index in [1.54, 1.807) is 12.1 Å². The predicted octanol–water partition coefficient (Wildman–Crippen LogP) is 3.87. The molecule has 0 amide bonds. The van der Waals surface area contributed by atoms with Gasteiger partial charge in [-0.05, 0) is 36.2 Å². The van der Waals surface area contributed by atoms with Crippen molar-refractivity contribution in [3.05, 3.63) is 34.6 Å². The first kappa shape index (κ1) is 12.4. The van der Waals surface area contributed by atoms with Crippen molar-refractivity contribution in [2.75, 3.05) is 5.75 Å². The van der Waals surface area contributed by atoms with E-state index < -0.39 is 0 Å². The molecule has 0 saturated carbocycles. The highest BCUT2D eigenvalue weighted by atomic mass is 35.5. The van der Waals surface area contributed by atoms with Gasteiger partial charge in [-0.2, -0.15) is 5.26 Å².